The van der Waals surface area contributed by atoms with Gasteiger partial charge in [0.05, 0.1) is 12.0 Å². The number of rotatable bonds is 7. The Morgan fingerprint density at radius 3 is 2.66 bits per heavy atom. The van der Waals surface area contributed by atoms with Crippen LogP contribution in [-0.4, -0.2) is 41.6 Å². The number of nitrogens with zero attached hydrogens (tertiary/aromatic N) is 4. The van der Waals surface area contributed by atoms with Crippen molar-refractivity contribution in [2.75, 3.05) is 14.1 Å². The molecule has 0 N–H and O–H groups in total. The van der Waals surface area contributed by atoms with E-state index in [0.29, 0.717) is 23.3 Å². The molecule has 0 unspecified atom stereocenters. The molecule has 0 spiro atoms. The van der Waals surface area contributed by atoms with E-state index in [2.05, 4.69) is 14.8 Å². The molecule has 0 radical (unpaired) electrons. The molecule has 8 nitrogen and oxygen atoms in total. The van der Waals surface area contributed by atoms with Crippen LogP contribution in [0.15, 0.2) is 49.6 Å². The molecule has 29 heavy (non-hydrogen) atoms. The van der Waals surface area contributed by atoms with Gasteiger partial charge in [-0.05, 0) is 37.1 Å². The van der Waals surface area contributed by atoms with Gasteiger partial charge in [-0.25, -0.2) is 12.7 Å². The van der Waals surface area contributed by atoms with Gasteiger partial charge in [0.25, 0.3) is 10.0 Å². The smallest absolute Gasteiger partial charge is 0.275 e. The maximum atomic E-state index is 12.2. The molecule has 0 bridgehead atoms. The SMILES string of the molecule is CN(C)S(=O)(=O)c1ccc(CSc2nnc(-c3ccco3)n2C2CCCCC2)o1. The Kier molecular flexibility index (Phi) is 5.84. The summed E-state index contributed by atoms with van der Waals surface area (Å²) in [5, 5.41) is 9.51. The number of hydrogen-bond acceptors (Lipinski definition) is 7. The first kappa shape index (κ1) is 20.2. The Morgan fingerprint density at radius 1 is 1.17 bits per heavy atom. The molecular formula is C19H24N4O4S2. The van der Waals surface area contributed by atoms with Gasteiger partial charge in [-0.1, -0.05) is 31.0 Å². The highest BCUT2D eigenvalue weighted by atomic mass is 32.2. The highest BCUT2D eigenvalue weighted by molar-refractivity contribution is 7.98. The van der Waals surface area contributed by atoms with Crippen LogP contribution in [0.2, 0.25) is 0 Å². The van der Waals surface area contributed by atoms with Crippen molar-refractivity contribution in [3.63, 3.8) is 0 Å². The minimum Gasteiger partial charge on any atom is -0.461 e. The Labute approximate surface area is 174 Å². The molecule has 3 aromatic rings. The fraction of sp³-hybridized carbons (Fsp3) is 0.474. The Balaban J connectivity index is 1.57. The van der Waals surface area contributed by atoms with Crippen molar-refractivity contribution in [1.29, 1.82) is 0 Å². The van der Waals surface area contributed by atoms with Crippen molar-refractivity contribution in [1.82, 2.24) is 19.1 Å². The second-order valence-corrected chi connectivity index (χ2v) is 10.3. The molecule has 1 fully saturated rings. The molecule has 0 aliphatic heterocycles. The second kappa shape index (κ2) is 8.37. The normalized spacial score (nSPS) is 16.0. The van der Waals surface area contributed by atoms with Gasteiger partial charge in [0, 0.05) is 20.1 Å². The molecule has 3 heterocycles. The van der Waals surface area contributed by atoms with Gasteiger partial charge in [0.15, 0.2) is 10.9 Å². The van der Waals surface area contributed by atoms with Crippen molar-refractivity contribution >= 4 is 21.8 Å². The fourth-order valence-corrected chi connectivity index (χ4v) is 5.22. The standard InChI is InChI=1S/C19H24N4O4S2/c1-22(2)29(24,25)17-11-10-15(27-17)13-28-19-21-20-18(16-9-6-12-26-16)23(19)14-7-4-3-5-8-14/h6,9-12,14H,3-5,7-8,13H2,1-2H3. The monoisotopic (exact) mass is 436 g/mol. The Morgan fingerprint density at radius 2 is 1.97 bits per heavy atom. The minimum atomic E-state index is -3.58. The maximum Gasteiger partial charge on any atom is 0.275 e. The summed E-state index contributed by atoms with van der Waals surface area (Å²) in [7, 11) is -0.616. The summed E-state index contributed by atoms with van der Waals surface area (Å²) in [6, 6.07) is 7.26. The average Bonchev–Trinajstić information content (AvgIpc) is 3.46. The average molecular weight is 437 g/mol. The molecule has 4 rings (SSSR count). The largest absolute Gasteiger partial charge is 0.461 e. The van der Waals surface area contributed by atoms with E-state index in [1.165, 1.54) is 51.2 Å². The summed E-state index contributed by atoms with van der Waals surface area (Å²) in [4.78, 5) is 0. The number of aromatic nitrogens is 3. The van der Waals surface area contributed by atoms with Crippen LogP contribution < -0.4 is 0 Å². The van der Waals surface area contributed by atoms with E-state index in [-0.39, 0.29) is 5.09 Å². The summed E-state index contributed by atoms with van der Waals surface area (Å²) in [5.41, 5.74) is 0. The summed E-state index contributed by atoms with van der Waals surface area (Å²) in [5.74, 6) is 2.48. The molecule has 0 saturated heterocycles. The predicted octanol–water partition coefficient (Wildman–Crippen LogP) is 4.18. The Hall–Kier alpha value is -2.04. The van der Waals surface area contributed by atoms with Crippen molar-refractivity contribution in [2.45, 2.75) is 54.1 Å². The van der Waals surface area contributed by atoms with Crippen LogP contribution in [-0.2, 0) is 15.8 Å². The van der Waals surface area contributed by atoms with Gasteiger partial charge < -0.3 is 8.83 Å². The van der Waals surface area contributed by atoms with E-state index in [4.69, 9.17) is 8.83 Å². The maximum absolute atomic E-state index is 12.2. The van der Waals surface area contributed by atoms with Crippen LogP contribution in [0.4, 0.5) is 0 Å². The van der Waals surface area contributed by atoms with Crippen LogP contribution in [0.3, 0.4) is 0 Å². The highest BCUT2D eigenvalue weighted by Gasteiger charge is 2.26. The number of sulfonamides is 1. The highest BCUT2D eigenvalue weighted by Crippen LogP contribution is 2.36. The van der Waals surface area contributed by atoms with E-state index in [9.17, 15) is 8.42 Å². The summed E-state index contributed by atoms with van der Waals surface area (Å²) in [6.45, 7) is 0. The van der Waals surface area contributed by atoms with Gasteiger partial charge in [-0.3, -0.25) is 4.57 Å². The first-order chi connectivity index (χ1) is 14.0. The summed E-state index contributed by atoms with van der Waals surface area (Å²) in [6.07, 6.45) is 7.45. The third kappa shape index (κ3) is 4.15. The summed E-state index contributed by atoms with van der Waals surface area (Å²) < 4.78 is 38.9. The van der Waals surface area contributed by atoms with Gasteiger partial charge in [0.2, 0.25) is 10.9 Å². The van der Waals surface area contributed by atoms with Gasteiger partial charge >= 0.3 is 0 Å². The van der Waals surface area contributed by atoms with Crippen molar-refractivity contribution in [3.8, 4) is 11.6 Å². The van der Waals surface area contributed by atoms with Crippen molar-refractivity contribution in [2.24, 2.45) is 0 Å². The number of furan rings is 2. The molecular weight excluding hydrogens is 412 g/mol. The minimum absolute atomic E-state index is 0.0527. The molecule has 1 saturated carbocycles. The quantitative estimate of drug-likeness (QED) is 0.513. The van der Waals surface area contributed by atoms with Gasteiger partial charge in [-0.2, -0.15) is 0 Å². The van der Waals surface area contributed by atoms with Crippen molar-refractivity contribution in [3.05, 3.63) is 36.3 Å². The number of thioether (sulfide) groups is 1. The Bertz CT molecular complexity index is 1050. The van der Waals surface area contributed by atoms with Crippen LogP contribution in [0, 0.1) is 0 Å². The molecule has 0 atom stereocenters. The lowest BCUT2D eigenvalue weighted by molar-refractivity contribution is 0.337. The molecule has 1 aliphatic rings. The zero-order chi connectivity index (χ0) is 20.4. The van der Waals surface area contributed by atoms with E-state index in [1.807, 2.05) is 12.1 Å². The van der Waals surface area contributed by atoms with Crippen LogP contribution >= 0.6 is 11.8 Å². The fourth-order valence-electron chi connectivity index (χ4n) is 3.51. The van der Waals surface area contributed by atoms with E-state index < -0.39 is 10.0 Å². The lowest BCUT2D eigenvalue weighted by Crippen LogP contribution is -2.21. The van der Waals surface area contributed by atoms with Crippen LogP contribution in [0.25, 0.3) is 11.6 Å². The first-order valence-electron chi connectivity index (χ1n) is 9.59. The van der Waals surface area contributed by atoms with Gasteiger partial charge in [-0.15, -0.1) is 10.2 Å². The van der Waals surface area contributed by atoms with Crippen LogP contribution in [0.1, 0.15) is 43.9 Å². The molecule has 0 amide bonds. The molecule has 10 heteroatoms. The van der Waals surface area contributed by atoms with Crippen molar-refractivity contribution < 1.29 is 17.3 Å². The predicted molar refractivity (Wildman–Crippen MR) is 109 cm³/mol. The third-order valence-electron chi connectivity index (χ3n) is 5.06. The van der Waals surface area contributed by atoms with Gasteiger partial charge in [0.1, 0.15) is 5.76 Å². The van der Waals surface area contributed by atoms with E-state index in [1.54, 1.807) is 12.3 Å². The topological polar surface area (TPSA) is 94.4 Å². The zero-order valence-corrected chi connectivity index (χ0v) is 18.1. The second-order valence-electron chi connectivity index (χ2n) is 7.24. The van der Waals surface area contributed by atoms with E-state index >= 15 is 0 Å². The lowest BCUT2D eigenvalue weighted by Gasteiger charge is -2.25. The summed E-state index contributed by atoms with van der Waals surface area (Å²) >= 11 is 1.49. The molecule has 1 aliphatic carbocycles. The zero-order valence-electron chi connectivity index (χ0n) is 16.4. The first-order valence-corrected chi connectivity index (χ1v) is 12.0. The molecule has 3 aromatic heterocycles. The third-order valence-corrected chi connectivity index (χ3v) is 7.72. The van der Waals surface area contributed by atoms with Crippen LogP contribution in [0.5, 0.6) is 0 Å². The lowest BCUT2D eigenvalue weighted by atomic mass is 9.95. The molecule has 0 aromatic carbocycles. The number of hydrogen-bond donors (Lipinski definition) is 0. The molecule has 156 valence electrons. The van der Waals surface area contributed by atoms with E-state index in [0.717, 1.165) is 28.1 Å².